The maximum Gasteiger partial charge on any atom is 0.239 e. The van der Waals surface area contributed by atoms with Crippen LogP contribution in [-0.4, -0.2) is 31.3 Å². The largest absolute Gasteiger partial charge is 0.361 e. The first kappa shape index (κ1) is 14.3. The van der Waals surface area contributed by atoms with Crippen LogP contribution in [0.5, 0.6) is 0 Å². The van der Waals surface area contributed by atoms with Crippen molar-refractivity contribution in [2.45, 2.75) is 25.2 Å². The van der Waals surface area contributed by atoms with Crippen molar-refractivity contribution in [1.82, 2.24) is 5.32 Å². The third kappa shape index (κ3) is 4.16. The quantitative estimate of drug-likeness (QED) is 0.919. The number of nitrogens with zero attached hydrogens (tertiary/aromatic N) is 1. The topological polar surface area (TPSA) is 32.3 Å². The van der Waals surface area contributed by atoms with E-state index in [1.807, 2.05) is 17.8 Å². The zero-order valence-corrected chi connectivity index (χ0v) is 12.5. The molecule has 1 aliphatic rings. The van der Waals surface area contributed by atoms with Crippen molar-refractivity contribution in [3.8, 4) is 0 Å². The van der Waals surface area contributed by atoms with Crippen LogP contribution >= 0.6 is 11.8 Å². The van der Waals surface area contributed by atoms with Crippen LogP contribution in [-0.2, 0) is 4.79 Å². The molecule has 0 saturated heterocycles. The summed E-state index contributed by atoms with van der Waals surface area (Å²) < 4.78 is 0. The zero-order chi connectivity index (χ0) is 13.7. The molecule has 0 unspecified atom stereocenters. The fourth-order valence-electron chi connectivity index (χ4n) is 2.11. The number of carbonyl (C=O) groups is 1. The van der Waals surface area contributed by atoms with Crippen molar-refractivity contribution in [1.29, 1.82) is 0 Å². The molecule has 1 aromatic carbocycles. The standard InChI is InChI=1S/C15H22N2OS/c1-12(2)10-16-15(18)11-17-8-5-9-19-14-7-4-3-6-13(14)17/h3-4,6-7,12H,5,8-11H2,1-2H3,(H,16,18). The van der Waals surface area contributed by atoms with E-state index in [1.54, 1.807) is 0 Å². The Morgan fingerprint density at radius 3 is 3.00 bits per heavy atom. The number of para-hydroxylation sites is 1. The summed E-state index contributed by atoms with van der Waals surface area (Å²) in [6.07, 6.45) is 1.12. The van der Waals surface area contributed by atoms with Gasteiger partial charge in [0.1, 0.15) is 0 Å². The molecular weight excluding hydrogens is 256 g/mol. The number of fused-ring (bicyclic) bond motifs is 1. The first-order valence-electron chi connectivity index (χ1n) is 6.90. The number of hydrogen-bond acceptors (Lipinski definition) is 3. The predicted octanol–water partition coefficient (Wildman–Crippen LogP) is 2.76. The Morgan fingerprint density at radius 1 is 1.42 bits per heavy atom. The summed E-state index contributed by atoms with van der Waals surface area (Å²) >= 11 is 1.89. The minimum Gasteiger partial charge on any atom is -0.361 e. The van der Waals surface area contributed by atoms with Gasteiger partial charge < -0.3 is 10.2 Å². The first-order chi connectivity index (χ1) is 9.16. The molecule has 0 aliphatic carbocycles. The molecule has 2 rings (SSSR count). The molecule has 0 bridgehead atoms. The Kier molecular flexibility index (Phi) is 5.14. The average molecular weight is 278 g/mol. The van der Waals surface area contributed by atoms with E-state index in [-0.39, 0.29) is 5.91 Å². The Morgan fingerprint density at radius 2 is 2.21 bits per heavy atom. The molecule has 3 nitrogen and oxygen atoms in total. The van der Waals surface area contributed by atoms with Crippen molar-refractivity contribution in [3.63, 3.8) is 0 Å². The van der Waals surface area contributed by atoms with Gasteiger partial charge in [-0.3, -0.25) is 4.79 Å². The smallest absolute Gasteiger partial charge is 0.239 e. The third-order valence-corrected chi connectivity index (χ3v) is 4.23. The number of anilines is 1. The van der Waals surface area contributed by atoms with Gasteiger partial charge in [0.2, 0.25) is 5.91 Å². The van der Waals surface area contributed by atoms with Gasteiger partial charge in [-0.15, -0.1) is 11.8 Å². The Hall–Kier alpha value is -1.16. The summed E-state index contributed by atoms with van der Waals surface area (Å²) in [5, 5.41) is 2.99. The molecule has 104 valence electrons. The second kappa shape index (κ2) is 6.85. The molecule has 1 heterocycles. The van der Waals surface area contributed by atoms with Crippen LogP contribution < -0.4 is 10.2 Å². The van der Waals surface area contributed by atoms with E-state index in [0.717, 1.165) is 25.3 Å². The molecule has 1 aliphatic heterocycles. The van der Waals surface area contributed by atoms with Gasteiger partial charge in [0, 0.05) is 18.0 Å². The number of thioether (sulfide) groups is 1. The molecule has 1 N–H and O–H groups in total. The van der Waals surface area contributed by atoms with E-state index >= 15 is 0 Å². The van der Waals surface area contributed by atoms with Gasteiger partial charge >= 0.3 is 0 Å². The zero-order valence-electron chi connectivity index (χ0n) is 11.7. The van der Waals surface area contributed by atoms with Gasteiger partial charge in [-0.1, -0.05) is 26.0 Å². The van der Waals surface area contributed by atoms with Gasteiger partial charge in [0.05, 0.1) is 12.2 Å². The molecule has 0 saturated carbocycles. The predicted molar refractivity (Wildman–Crippen MR) is 81.8 cm³/mol. The van der Waals surface area contributed by atoms with Crippen LogP contribution in [0.15, 0.2) is 29.2 Å². The average Bonchev–Trinajstić information content (AvgIpc) is 2.59. The minimum atomic E-state index is 0.121. The second-order valence-corrected chi connectivity index (χ2v) is 6.43. The Bertz CT molecular complexity index is 434. The summed E-state index contributed by atoms with van der Waals surface area (Å²) in [6, 6.07) is 8.37. The normalized spacial score (nSPS) is 15.0. The molecule has 1 aromatic rings. The highest BCUT2D eigenvalue weighted by molar-refractivity contribution is 7.99. The monoisotopic (exact) mass is 278 g/mol. The summed E-state index contributed by atoms with van der Waals surface area (Å²) in [5.74, 6) is 1.74. The van der Waals surface area contributed by atoms with Gasteiger partial charge in [-0.25, -0.2) is 0 Å². The van der Waals surface area contributed by atoms with E-state index in [4.69, 9.17) is 0 Å². The maximum atomic E-state index is 12.0. The van der Waals surface area contributed by atoms with Crippen LogP contribution in [0, 0.1) is 5.92 Å². The van der Waals surface area contributed by atoms with E-state index in [1.165, 1.54) is 10.6 Å². The molecule has 0 radical (unpaired) electrons. The van der Waals surface area contributed by atoms with Crippen molar-refractivity contribution >= 4 is 23.4 Å². The number of benzene rings is 1. The SMILES string of the molecule is CC(C)CNC(=O)CN1CCCSc2ccccc21. The first-order valence-corrected chi connectivity index (χ1v) is 7.89. The number of carbonyl (C=O) groups excluding carboxylic acids is 1. The highest BCUT2D eigenvalue weighted by atomic mass is 32.2. The van der Waals surface area contributed by atoms with Crippen LogP contribution in [0.1, 0.15) is 20.3 Å². The molecule has 1 amide bonds. The lowest BCUT2D eigenvalue weighted by molar-refractivity contribution is -0.119. The van der Waals surface area contributed by atoms with E-state index in [9.17, 15) is 4.79 Å². The maximum absolute atomic E-state index is 12.0. The summed E-state index contributed by atoms with van der Waals surface area (Å²) in [5.41, 5.74) is 1.20. The van der Waals surface area contributed by atoms with Crippen LogP contribution in [0.2, 0.25) is 0 Å². The molecule has 0 fully saturated rings. The Labute approximate surface area is 119 Å². The fourth-order valence-corrected chi connectivity index (χ4v) is 3.12. The lowest BCUT2D eigenvalue weighted by Crippen LogP contribution is -2.39. The second-order valence-electron chi connectivity index (χ2n) is 5.29. The lowest BCUT2D eigenvalue weighted by Gasteiger charge is -2.24. The van der Waals surface area contributed by atoms with Crippen LogP contribution in [0.25, 0.3) is 0 Å². The molecule has 0 spiro atoms. The highest BCUT2D eigenvalue weighted by Crippen LogP contribution is 2.33. The van der Waals surface area contributed by atoms with Gasteiger partial charge in [-0.2, -0.15) is 0 Å². The summed E-state index contributed by atoms with van der Waals surface area (Å²) in [4.78, 5) is 15.5. The number of hydrogen-bond donors (Lipinski definition) is 1. The van der Waals surface area contributed by atoms with Gasteiger partial charge in [0.25, 0.3) is 0 Å². The molecular formula is C15H22N2OS. The molecule has 0 aromatic heterocycles. The number of rotatable bonds is 4. The van der Waals surface area contributed by atoms with E-state index < -0.39 is 0 Å². The molecule has 4 heteroatoms. The van der Waals surface area contributed by atoms with Gasteiger partial charge in [0.15, 0.2) is 0 Å². The third-order valence-electron chi connectivity index (χ3n) is 3.08. The Balaban J connectivity index is 2.01. The molecule has 19 heavy (non-hydrogen) atoms. The number of amides is 1. The van der Waals surface area contributed by atoms with Crippen molar-refractivity contribution in [2.75, 3.05) is 30.3 Å². The van der Waals surface area contributed by atoms with Crippen molar-refractivity contribution < 1.29 is 4.79 Å². The number of nitrogens with one attached hydrogen (secondary N) is 1. The molecule has 0 atom stereocenters. The van der Waals surface area contributed by atoms with Crippen LogP contribution in [0.4, 0.5) is 5.69 Å². The highest BCUT2D eigenvalue weighted by Gasteiger charge is 2.17. The van der Waals surface area contributed by atoms with Crippen molar-refractivity contribution in [3.05, 3.63) is 24.3 Å². The van der Waals surface area contributed by atoms with Crippen LogP contribution in [0.3, 0.4) is 0 Å². The van der Waals surface area contributed by atoms with E-state index in [2.05, 4.69) is 42.3 Å². The lowest BCUT2D eigenvalue weighted by atomic mass is 10.2. The fraction of sp³-hybridized carbons (Fsp3) is 0.533. The van der Waals surface area contributed by atoms with E-state index in [0.29, 0.717) is 12.5 Å². The van der Waals surface area contributed by atoms with Gasteiger partial charge in [-0.05, 0) is 30.2 Å². The summed E-state index contributed by atoms with van der Waals surface area (Å²) in [7, 11) is 0. The summed E-state index contributed by atoms with van der Waals surface area (Å²) in [6.45, 7) is 6.39. The minimum absolute atomic E-state index is 0.121. The van der Waals surface area contributed by atoms with Crippen molar-refractivity contribution in [2.24, 2.45) is 5.92 Å².